The smallest absolute Gasteiger partial charge is 0.357 e. The van der Waals surface area contributed by atoms with Crippen molar-refractivity contribution in [2.75, 3.05) is 11.9 Å². The summed E-state index contributed by atoms with van der Waals surface area (Å²) < 4.78 is 10.1. The summed E-state index contributed by atoms with van der Waals surface area (Å²) in [6.45, 7) is 6.30. The lowest BCUT2D eigenvalue weighted by molar-refractivity contribution is 0.0690. The SMILES string of the molecule is Cc1noc(C)c1C(C)CNc1nc(C(=O)O)co1. The van der Waals surface area contributed by atoms with Gasteiger partial charge < -0.3 is 19.4 Å². The Labute approximate surface area is 109 Å². The fourth-order valence-corrected chi connectivity index (χ4v) is 1.99. The number of rotatable bonds is 5. The Bertz CT molecular complexity index is 568. The summed E-state index contributed by atoms with van der Waals surface area (Å²) in [6, 6.07) is 0.191. The Morgan fingerprint density at radius 3 is 2.79 bits per heavy atom. The molecule has 0 bridgehead atoms. The van der Waals surface area contributed by atoms with Crippen LogP contribution >= 0.6 is 0 Å². The maximum absolute atomic E-state index is 10.7. The van der Waals surface area contributed by atoms with Crippen LogP contribution in [0.25, 0.3) is 0 Å². The van der Waals surface area contributed by atoms with Crippen LogP contribution in [0.1, 0.15) is 40.3 Å². The molecule has 2 aromatic rings. The number of nitrogens with one attached hydrogen (secondary N) is 1. The first-order valence-electron chi connectivity index (χ1n) is 5.84. The minimum atomic E-state index is -1.12. The van der Waals surface area contributed by atoms with Gasteiger partial charge in [0, 0.05) is 18.0 Å². The molecule has 7 nitrogen and oxygen atoms in total. The molecule has 0 spiro atoms. The van der Waals surface area contributed by atoms with E-state index in [-0.39, 0.29) is 17.6 Å². The zero-order valence-corrected chi connectivity index (χ0v) is 10.9. The fraction of sp³-hybridized carbons (Fsp3) is 0.417. The standard InChI is InChI=1S/C12H15N3O4/c1-6(10-7(2)15-19-8(10)3)4-13-12-14-9(5-18-12)11(16)17/h5-6H,4H2,1-3H3,(H,13,14)(H,16,17). The molecular weight excluding hydrogens is 250 g/mol. The van der Waals surface area contributed by atoms with Gasteiger partial charge in [0.2, 0.25) is 0 Å². The van der Waals surface area contributed by atoms with E-state index in [0.29, 0.717) is 6.54 Å². The second kappa shape index (κ2) is 5.13. The second-order valence-electron chi connectivity index (χ2n) is 4.36. The third-order valence-corrected chi connectivity index (χ3v) is 2.86. The van der Waals surface area contributed by atoms with Crippen molar-refractivity contribution in [3.8, 4) is 0 Å². The quantitative estimate of drug-likeness (QED) is 0.854. The van der Waals surface area contributed by atoms with Gasteiger partial charge in [0.05, 0.1) is 5.69 Å². The van der Waals surface area contributed by atoms with Crippen LogP contribution in [0.3, 0.4) is 0 Å². The zero-order chi connectivity index (χ0) is 14.0. The van der Waals surface area contributed by atoms with Gasteiger partial charge in [-0.2, -0.15) is 4.98 Å². The van der Waals surface area contributed by atoms with Crippen LogP contribution in [0.4, 0.5) is 6.01 Å². The molecule has 2 N–H and O–H groups in total. The number of hydrogen-bond donors (Lipinski definition) is 2. The summed E-state index contributed by atoms with van der Waals surface area (Å²) in [5.41, 5.74) is 1.77. The summed E-state index contributed by atoms with van der Waals surface area (Å²) in [5, 5.41) is 15.6. The van der Waals surface area contributed by atoms with E-state index in [1.165, 1.54) is 0 Å². The molecule has 0 amide bonds. The molecule has 1 atom stereocenters. The van der Waals surface area contributed by atoms with E-state index in [1.807, 2.05) is 20.8 Å². The van der Waals surface area contributed by atoms with Gasteiger partial charge in [-0.25, -0.2) is 4.79 Å². The van der Waals surface area contributed by atoms with Gasteiger partial charge in [0.25, 0.3) is 6.01 Å². The van der Waals surface area contributed by atoms with Crippen LogP contribution in [0, 0.1) is 13.8 Å². The Kier molecular flexibility index (Phi) is 3.55. The van der Waals surface area contributed by atoms with E-state index in [9.17, 15) is 4.79 Å². The lowest BCUT2D eigenvalue weighted by atomic mass is 10.00. The Morgan fingerprint density at radius 2 is 2.26 bits per heavy atom. The molecule has 102 valence electrons. The van der Waals surface area contributed by atoms with Gasteiger partial charge in [0.15, 0.2) is 5.69 Å². The van der Waals surface area contributed by atoms with Gasteiger partial charge in [-0.05, 0) is 13.8 Å². The summed E-state index contributed by atoms with van der Waals surface area (Å²) in [7, 11) is 0. The zero-order valence-electron chi connectivity index (χ0n) is 10.9. The van der Waals surface area contributed by atoms with Gasteiger partial charge in [-0.3, -0.25) is 0 Å². The number of anilines is 1. The lowest BCUT2D eigenvalue weighted by Crippen LogP contribution is -2.11. The highest BCUT2D eigenvalue weighted by Gasteiger charge is 2.17. The Hall–Kier alpha value is -2.31. The predicted octanol–water partition coefficient (Wildman–Crippen LogP) is 2.19. The number of carbonyl (C=O) groups is 1. The lowest BCUT2D eigenvalue weighted by Gasteiger charge is -2.10. The van der Waals surface area contributed by atoms with Crippen molar-refractivity contribution in [2.45, 2.75) is 26.7 Å². The van der Waals surface area contributed by atoms with Gasteiger partial charge in [-0.15, -0.1) is 0 Å². The molecule has 0 saturated carbocycles. The average molecular weight is 265 g/mol. The normalized spacial score (nSPS) is 12.4. The molecule has 0 aliphatic rings. The first-order valence-corrected chi connectivity index (χ1v) is 5.84. The van der Waals surface area contributed by atoms with Crippen molar-refractivity contribution in [3.63, 3.8) is 0 Å². The number of oxazole rings is 1. The number of aromatic nitrogens is 2. The summed E-state index contributed by atoms with van der Waals surface area (Å²) in [5.74, 6) is -0.188. The van der Waals surface area contributed by atoms with Crippen molar-refractivity contribution in [3.05, 3.63) is 29.0 Å². The Morgan fingerprint density at radius 1 is 1.53 bits per heavy atom. The monoisotopic (exact) mass is 265 g/mol. The molecule has 0 aliphatic carbocycles. The highest BCUT2D eigenvalue weighted by Crippen LogP contribution is 2.23. The third kappa shape index (κ3) is 2.75. The summed E-state index contributed by atoms with van der Waals surface area (Å²) >= 11 is 0. The highest BCUT2D eigenvalue weighted by atomic mass is 16.5. The molecule has 0 radical (unpaired) electrons. The van der Waals surface area contributed by atoms with Gasteiger partial charge >= 0.3 is 5.97 Å². The average Bonchev–Trinajstić information content (AvgIpc) is 2.94. The van der Waals surface area contributed by atoms with Gasteiger partial charge in [0.1, 0.15) is 12.0 Å². The topological polar surface area (TPSA) is 101 Å². The maximum atomic E-state index is 10.7. The molecule has 19 heavy (non-hydrogen) atoms. The van der Waals surface area contributed by atoms with E-state index < -0.39 is 5.97 Å². The van der Waals surface area contributed by atoms with E-state index >= 15 is 0 Å². The van der Waals surface area contributed by atoms with Crippen molar-refractivity contribution < 1.29 is 18.8 Å². The number of aromatic carboxylic acids is 1. The molecule has 2 heterocycles. The van der Waals surface area contributed by atoms with E-state index in [0.717, 1.165) is 23.3 Å². The van der Waals surface area contributed by atoms with Crippen LogP contribution in [0.15, 0.2) is 15.2 Å². The molecule has 0 saturated heterocycles. The van der Waals surface area contributed by atoms with Crippen molar-refractivity contribution in [1.29, 1.82) is 0 Å². The van der Waals surface area contributed by atoms with E-state index in [2.05, 4.69) is 15.5 Å². The minimum absolute atomic E-state index is 0.118. The van der Waals surface area contributed by atoms with Crippen molar-refractivity contribution in [2.24, 2.45) is 0 Å². The largest absolute Gasteiger partial charge is 0.476 e. The number of hydrogen-bond acceptors (Lipinski definition) is 6. The molecule has 0 fully saturated rings. The van der Waals surface area contributed by atoms with Crippen LogP contribution < -0.4 is 5.32 Å². The number of carboxylic acid groups (broad SMARTS) is 1. The van der Waals surface area contributed by atoms with Crippen LogP contribution in [-0.4, -0.2) is 27.8 Å². The highest BCUT2D eigenvalue weighted by molar-refractivity contribution is 5.85. The van der Waals surface area contributed by atoms with E-state index in [4.69, 9.17) is 14.0 Å². The maximum Gasteiger partial charge on any atom is 0.357 e. The second-order valence-corrected chi connectivity index (χ2v) is 4.36. The molecule has 1 unspecified atom stereocenters. The number of nitrogens with zero attached hydrogens (tertiary/aromatic N) is 2. The van der Waals surface area contributed by atoms with E-state index in [1.54, 1.807) is 0 Å². The summed E-state index contributed by atoms with van der Waals surface area (Å²) in [6.07, 6.45) is 1.10. The van der Waals surface area contributed by atoms with Crippen LogP contribution in [0.5, 0.6) is 0 Å². The first-order chi connectivity index (χ1) is 8.99. The van der Waals surface area contributed by atoms with Crippen LogP contribution in [-0.2, 0) is 0 Å². The number of carboxylic acids is 1. The molecule has 7 heteroatoms. The van der Waals surface area contributed by atoms with Crippen molar-refractivity contribution in [1.82, 2.24) is 10.1 Å². The molecule has 2 aromatic heterocycles. The minimum Gasteiger partial charge on any atom is -0.476 e. The van der Waals surface area contributed by atoms with Crippen molar-refractivity contribution >= 4 is 12.0 Å². The molecule has 0 aliphatic heterocycles. The number of aryl methyl sites for hydroxylation is 2. The Balaban J connectivity index is 2.00. The third-order valence-electron chi connectivity index (χ3n) is 2.86. The molecule has 0 aromatic carbocycles. The van der Waals surface area contributed by atoms with Gasteiger partial charge in [-0.1, -0.05) is 12.1 Å². The van der Waals surface area contributed by atoms with Crippen LogP contribution in [0.2, 0.25) is 0 Å². The molecule has 2 rings (SSSR count). The summed E-state index contributed by atoms with van der Waals surface area (Å²) in [4.78, 5) is 14.4. The fourth-order valence-electron chi connectivity index (χ4n) is 1.99. The first kappa shape index (κ1) is 13.1. The molecular formula is C12H15N3O4. The predicted molar refractivity (Wildman–Crippen MR) is 66.3 cm³/mol.